The molecular formula is C11H39N5O19P6. The topological polar surface area (TPSA) is 459 Å². The molecule has 0 heterocycles. The van der Waals surface area contributed by atoms with Gasteiger partial charge in [0.25, 0.3) is 0 Å². The second kappa shape index (κ2) is 15.8. The summed E-state index contributed by atoms with van der Waals surface area (Å²) >= 11 is 0. The molecule has 0 aliphatic carbocycles. The number of hydrogen-bond acceptors (Lipinski definition) is 12. The molecule has 0 aliphatic heterocycles. The van der Waals surface area contributed by atoms with Gasteiger partial charge in [0.15, 0.2) is 0 Å². The smallest absolute Gasteiger partial charge is 0.357 e. The van der Waals surface area contributed by atoms with Crippen molar-refractivity contribution in [1.82, 2.24) is 10.2 Å². The lowest BCUT2D eigenvalue weighted by atomic mass is 10.4. The maximum absolute atomic E-state index is 11.0. The lowest BCUT2D eigenvalue weighted by Crippen LogP contribution is -2.42. The van der Waals surface area contributed by atoms with Crippen molar-refractivity contribution in [1.29, 1.82) is 0 Å². The van der Waals surface area contributed by atoms with Gasteiger partial charge in [0, 0.05) is 19.4 Å². The van der Waals surface area contributed by atoms with E-state index >= 15 is 0 Å². The fourth-order valence-corrected chi connectivity index (χ4v) is 8.30. The molecule has 0 saturated heterocycles. The number of hydrogen-bond donors (Lipinski definition) is 17. The zero-order chi connectivity index (χ0) is 34.3. The fourth-order valence-electron chi connectivity index (χ4n) is 2.05. The molecular weight excluding hydrogens is 692 g/mol. The van der Waals surface area contributed by atoms with Crippen LogP contribution in [0.15, 0.2) is 0 Å². The molecule has 0 spiro atoms. The molecule has 0 aromatic carbocycles. The summed E-state index contributed by atoms with van der Waals surface area (Å²) in [7, 11) is -27.3. The van der Waals surface area contributed by atoms with E-state index in [-0.39, 0.29) is 13.1 Å². The Labute approximate surface area is 233 Å². The summed E-state index contributed by atoms with van der Waals surface area (Å²) in [6.07, 6.45) is -1.14. The van der Waals surface area contributed by atoms with Crippen LogP contribution in [0.2, 0.25) is 0 Å². The van der Waals surface area contributed by atoms with Gasteiger partial charge in [0.1, 0.15) is 0 Å². The molecule has 0 atom stereocenters. The van der Waals surface area contributed by atoms with Crippen molar-refractivity contribution in [2.45, 2.75) is 34.8 Å². The van der Waals surface area contributed by atoms with E-state index in [9.17, 15) is 27.4 Å². The Morgan fingerprint density at radius 2 is 0.878 bits per heavy atom. The molecule has 0 bridgehead atoms. The molecule has 0 aliphatic rings. The predicted molar refractivity (Wildman–Crippen MR) is 142 cm³/mol. The quantitative estimate of drug-likeness (QED) is 0.0630. The first-order valence-electron chi connectivity index (χ1n) is 10.2. The third-order valence-electron chi connectivity index (χ3n) is 5.01. The van der Waals surface area contributed by atoms with Gasteiger partial charge in [0.2, 0.25) is 15.1 Å². The van der Waals surface area contributed by atoms with Gasteiger partial charge in [-0.3, -0.25) is 32.7 Å². The first-order valence-corrected chi connectivity index (χ1v) is 19.8. The number of aliphatic hydroxyl groups excluding tert-OH is 1. The van der Waals surface area contributed by atoms with Crippen molar-refractivity contribution in [2.75, 3.05) is 33.9 Å². The van der Waals surface area contributed by atoms with Crippen molar-refractivity contribution in [3.63, 3.8) is 0 Å². The minimum atomic E-state index is -5.09. The third kappa shape index (κ3) is 12.9. The molecule has 30 heteroatoms. The molecule has 0 radical (unpaired) electrons. The lowest BCUT2D eigenvalue weighted by Gasteiger charge is -2.31. The van der Waals surface area contributed by atoms with E-state index in [0.717, 1.165) is 0 Å². The Morgan fingerprint density at radius 3 is 1.00 bits per heavy atom. The van der Waals surface area contributed by atoms with E-state index in [2.05, 4.69) is 0 Å². The Morgan fingerprint density at radius 1 is 0.610 bits per heavy atom. The molecule has 0 amide bonds. The molecule has 0 aromatic heterocycles. The highest BCUT2D eigenvalue weighted by atomic mass is 31.3. The van der Waals surface area contributed by atoms with Crippen LogP contribution in [0, 0.1) is 0 Å². The molecule has 0 fully saturated rings. The van der Waals surface area contributed by atoms with Crippen LogP contribution in [-0.2, 0) is 27.4 Å². The highest BCUT2D eigenvalue weighted by molar-refractivity contribution is 7.73. The van der Waals surface area contributed by atoms with Crippen LogP contribution in [0.4, 0.5) is 0 Å². The Bertz CT molecular complexity index is 993. The monoisotopic (exact) mass is 731 g/mol. The minimum Gasteiger partial charge on any atom is -0.381 e. The van der Waals surface area contributed by atoms with Gasteiger partial charge in [-0.25, -0.2) is 0 Å². The minimum absolute atomic E-state index is 0.0622. The van der Waals surface area contributed by atoms with Gasteiger partial charge in [-0.1, -0.05) is 0 Å². The standard InChI is InChI=1S/C5H16N2O6P2.C3H12N2O6P2.C3H11NO7P2/c1-7(2)4-3-5(6,14(8,9)10)15(11,12)13;4-2-1-3(5,12(6,7)8)13(9,10)11;1-3(4-2-5,12(6,7)8)13(9,10)11/h3-4,6H2,1-2H3,(H2,8,9,10)(H2,11,12,13);1-2,4-5H2,(H2,6,7,8)(H2,9,10,11);4-5H,2H2,1H3,(H2,6,7,8)(H2,9,10,11). The van der Waals surface area contributed by atoms with Crippen LogP contribution < -0.4 is 22.5 Å². The third-order valence-corrected chi connectivity index (χ3v) is 17.2. The van der Waals surface area contributed by atoms with Gasteiger partial charge < -0.3 is 85.9 Å². The zero-order valence-electron chi connectivity index (χ0n) is 21.7. The van der Waals surface area contributed by atoms with Crippen LogP contribution >= 0.6 is 45.6 Å². The Kier molecular flexibility index (Phi) is 17.7. The normalized spacial score (nSPS) is 14.6. The zero-order valence-corrected chi connectivity index (χ0v) is 27.0. The number of aliphatic hydroxyl groups is 1. The fraction of sp³-hybridized carbons (Fsp3) is 1.00. The second-order valence-corrected chi connectivity index (χ2v) is 21.0. The molecule has 41 heavy (non-hydrogen) atoms. The lowest BCUT2D eigenvalue weighted by molar-refractivity contribution is 0.219. The van der Waals surface area contributed by atoms with Crippen molar-refractivity contribution >= 4 is 45.6 Å². The van der Waals surface area contributed by atoms with Gasteiger partial charge in [-0.2, -0.15) is 0 Å². The van der Waals surface area contributed by atoms with Crippen LogP contribution in [0.25, 0.3) is 0 Å². The molecule has 252 valence electrons. The average Bonchev–Trinajstić information content (AvgIpc) is 2.68. The van der Waals surface area contributed by atoms with Crippen LogP contribution in [0.1, 0.15) is 19.8 Å². The maximum atomic E-state index is 11.0. The first kappa shape index (κ1) is 46.1. The molecule has 0 saturated carbocycles. The van der Waals surface area contributed by atoms with Gasteiger partial charge in [0.05, 0.1) is 6.73 Å². The largest absolute Gasteiger partial charge is 0.381 e. The molecule has 0 unspecified atom stereocenters. The highest BCUT2D eigenvalue weighted by Crippen LogP contribution is 2.68. The van der Waals surface area contributed by atoms with E-state index in [1.807, 2.05) is 0 Å². The summed E-state index contributed by atoms with van der Waals surface area (Å²) in [5.74, 6) is 0. The number of rotatable bonds is 13. The molecule has 0 rings (SSSR count). The number of nitrogens with two attached hydrogens (primary N) is 3. The van der Waals surface area contributed by atoms with Crippen LogP contribution in [-0.4, -0.2) is 118 Å². The van der Waals surface area contributed by atoms with Crippen molar-refractivity contribution in [3.8, 4) is 0 Å². The average molecular weight is 731 g/mol. The van der Waals surface area contributed by atoms with Crippen LogP contribution in [0.5, 0.6) is 0 Å². The van der Waals surface area contributed by atoms with E-state index in [1.54, 1.807) is 19.4 Å². The van der Waals surface area contributed by atoms with E-state index < -0.39 is 80.2 Å². The summed E-state index contributed by atoms with van der Waals surface area (Å²) in [5, 5.41) is 1.59. The summed E-state index contributed by atoms with van der Waals surface area (Å²) < 4.78 is 64.8. The van der Waals surface area contributed by atoms with Gasteiger partial charge >= 0.3 is 45.6 Å². The molecule has 24 nitrogen and oxygen atoms in total. The maximum Gasteiger partial charge on any atom is 0.357 e. The van der Waals surface area contributed by atoms with Gasteiger partial charge in [-0.15, -0.1) is 0 Å². The van der Waals surface area contributed by atoms with Crippen LogP contribution in [0.3, 0.4) is 0 Å². The van der Waals surface area contributed by atoms with E-state index in [1.165, 1.54) is 4.90 Å². The summed E-state index contributed by atoms with van der Waals surface area (Å²) in [4.78, 5) is 106. The molecule has 0 aromatic rings. The Balaban J connectivity index is -0.000000530. The SMILES string of the molecule is CC(NCO)(P(=O)(O)O)P(=O)(O)O.CN(C)CCC(N)(P(=O)(O)O)P(=O)(O)O.NCCC(N)(P(=O)(O)O)P(=O)(O)O. The van der Waals surface area contributed by atoms with Crippen molar-refractivity contribution in [2.24, 2.45) is 17.2 Å². The van der Waals surface area contributed by atoms with Crippen molar-refractivity contribution < 1.29 is 91.2 Å². The number of nitrogens with zero attached hydrogens (tertiary/aromatic N) is 1. The second-order valence-electron chi connectivity index (χ2n) is 8.47. The van der Waals surface area contributed by atoms with E-state index in [4.69, 9.17) is 81.0 Å². The van der Waals surface area contributed by atoms with E-state index in [0.29, 0.717) is 6.92 Å². The summed E-state index contributed by atoms with van der Waals surface area (Å²) in [6.45, 7) is -0.572. The van der Waals surface area contributed by atoms with Crippen molar-refractivity contribution in [3.05, 3.63) is 0 Å². The number of nitrogens with one attached hydrogen (secondary N) is 1. The predicted octanol–water partition coefficient (Wildman–Crippen LogP) is -4.24. The summed E-state index contributed by atoms with van der Waals surface area (Å²) in [6, 6.07) is 0. The van der Waals surface area contributed by atoms with Gasteiger partial charge in [-0.05, 0) is 27.6 Å². The highest BCUT2D eigenvalue weighted by Gasteiger charge is 2.58. The first-order chi connectivity index (χ1) is 17.5. The summed E-state index contributed by atoms with van der Waals surface area (Å²) in [5.41, 5.74) is 15.0. The Hall–Kier alpha value is 0.660. The molecule has 20 N–H and O–H groups in total.